The molecule has 0 unspecified atom stereocenters. The standard InChI is InChI=1S/C28H37Cl2N9O.2ClH/c29-22-10-9-20(15-23(22)30)35-28(40)38-13-11-19(12-14-38)33-25-24-26(39(16-32-24)21-3-1-2-4-21)37-27(36-25)34-18-7-5-17(31)6-8-18;;/h9-10,15-19,21H,1-8,11-14,31H2,(H,35,40)(H2,33,34,36,37);2*1H. The zero-order valence-electron chi connectivity index (χ0n) is 23.4. The lowest BCUT2D eigenvalue weighted by atomic mass is 9.92. The van der Waals surface area contributed by atoms with E-state index in [1.54, 1.807) is 18.2 Å². The van der Waals surface area contributed by atoms with Gasteiger partial charge < -0.3 is 31.2 Å². The van der Waals surface area contributed by atoms with E-state index in [-0.39, 0.29) is 36.9 Å². The van der Waals surface area contributed by atoms with Crippen molar-refractivity contribution >= 4 is 82.7 Å². The fourth-order valence-corrected chi connectivity index (χ4v) is 6.47. The van der Waals surface area contributed by atoms with Gasteiger partial charge in [0.05, 0.1) is 16.4 Å². The molecular formula is C28H39Cl4N9O. The van der Waals surface area contributed by atoms with Gasteiger partial charge in [0.15, 0.2) is 17.0 Å². The van der Waals surface area contributed by atoms with Gasteiger partial charge in [-0.25, -0.2) is 9.78 Å². The Labute approximate surface area is 268 Å². The highest BCUT2D eigenvalue weighted by Gasteiger charge is 2.27. The molecule has 1 aliphatic heterocycles. The molecule has 2 aliphatic carbocycles. The van der Waals surface area contributed by atoms with Gasteiger partial charge in [0.2, 0.25) is 5.95 Å². The third-order valence-electron chi connectivity index (χ3n) is 8.54. The highest BCUT2D eigenvalue weighted by Crippen LogP contribution is 2.34. The number of piperidine rings is 1. The number of carbonyl (C=O) groups is 1. The van der Waals surface area contributed by atoms with Gasteiger partial charge in [-0.3, -0.25) is 0 Å². The number of anilines is 3. The number of imidazole rings is 1. The molecule has 230 valence electrons. The van der Waals surface area contributed by atoms with Crippen LogP contribution in [0.4, 0.5) is 22.2 Å². The van der Waals surface area contributed by atoms with Crippen LogP contribution in [-0.4, -0.2) is 61.7 Å². The summed E-state index contributed by atoms with van der Waals surface area (Å²) < 4.78 is 2.24. The molecule has 5 N–H and O–H groups in total. The van der Waals surface area contributed by atoms with Crippen LogP contribution in [-0.2, 0) is 0 Å². The average molecular weight is 659 g/mol. The molecule has 0 bridgehead atoms. The first-order chi connectivity index (χ1) is 19.4. The number of aromatic nitrogens is 4. The minimum atomic E-state index is -0.143. The minimum absolute atomic E-state index is 0. The second-order valence-corrected chi connectivity index (χ2v) is 12.2. The Hall–Kier alpha value is -2.24. The molecule has 3 heterocycles. The zero-order valence-corrected chi connectivity index (χ0v) is 26.5. The molecule has 2 aromatic heterocycles. The first kappa shape index (κ1) is 32.7. The van der Waals surface area contributed by atoms with E-state index in [2.05, 4.69) is 20.5 Å². The van der Waals surface area contributed by atoms with E-state index in [4.69, 9.17) is 43.9 Å². The second kappa shape index (κ2) is 14.5. The predicted octanol–water partition coefficient (Wildman–Crippen LogP) is 6.88. The summed E-state index contributed by atoms with van der Waals surface area (Å²) in [5.41, 5.74) is 8.45. The number of carbonyl (C=O) groups excluding carboxylic acids is 1. The molecule has 1 saturated heterocycles. The van der Waals surface area contributed by atoms with Crippen LogP contribution in [0.25, 0.3) is 11.2 Å². The smallest absolute Gasteiger partial charge is 0.321 e. The van der Waals surface area contributed by atoms with Gasteiger partial charge in [-0.1, -0.05) is 36.0 Å². The highest BCUT2D eigenvalue weighted by atomic mass is 35.5. The lowest BCUT2D eigenvalue weighted by Gasteiger charge is -2.32. The Morgan fingerprint density at radius 3 is 2.26 bits per heavy atom. The number of rotatable bonds is 6. The number of benzene rings is 1. The summed E-state index contributed by atoms with van der Waals surface area (Å²) in [6, 6.07) is 6.17. The summed E-state index contributed by atoms with van der Waals surface area (Å²) in [6.07, 6.45) is 12.4. The number of fused-ring (bicyclic) bond motifs is 1. The second-order valence-electron chi connectivity index (χ2n) is 11.4. The fourth-order valence-electron chi connectivity index (χ4n) is 6.17. The number of nitrogens with two attached hydrogens (primary N) is 1. The number of urea groups is 1. The molecule has 42 heavy (non-hydrogen) atoms. The summed E-state index contributed by atoms with van der Waals surface area (Å²) in [5.74, 6) is 1.41. The van der Waals surface area contributed by atoms with E-state index >= 15 is 0 Å². The van der Waals surface area contributed by atoms with Crippen LogP contribution >= 0.6 is 48.0 Å². The van der Waals surface area contributed by atoms with Gasteiger partial charge in [0.1, 0.15) is 0 Å². The van der Waals surface area contributed by atoms with Gasteiger partial charge >= 0.3 is 6.03 Å². The third-order valence-corrected chi connectivity index (χ3v) is 9.28. The van der Waals surface area contributed by atoms with Gasteiger partial charge in [-0.05, 0) is 69.6 Å². The molecule has 0 radical (unpaired) electrons. The maximum atomic E-state index is 12.9. The number of amides is 2. The van der Waals surface area contributed by atoms with E-state index < -0.39 is 0 Å². The molecule has 3 fully saturated rings. The van der Waals surface area contributed by atoms with Crippen LogP contribution in [0.2, 0.25) is 10.0 Å². The van der Waals surface area contributed by atoms with Gasteiger partial charge in [-0.2, -0.15) is 9.97 Å². The van der Waals surface area contributed by atoms with E-state index in [9.17, 15) is 4.79 Å². The highest BCUT2D eigenvalue weighted by molar-refractivity contribution is 6.42. The van der Waals surface area contributed by atoms with Crippen molar-refractivity contribution in [1.82, 2.24) is 24.4 Å². The Morgan fingerprint density at radius 1 is 0.881 bits per heavy atom. The normalized spacial score (nSPS) is 21.5. The van der Waals surface area contributed by atoms with Crippen LogP contribution in [0.1, 0.15) is 70.3 Å². The topological polar surface area (TPSA) is 126 Å². The van der Waals surface area contributed by atoms with Crippen molar-refractivity contribution in [1.29, 1.82) is 0 Å². The van der Waals surface area contributed by atoms with E-state index in [1.165, 1.54) is 12.8 Å². The van der Waals surface area contributed by atoms with Gasteiger partial charge in [0, 0.05) is 42.9 Å². The molecule has 0 spiro atoms. The molecule has 1 aromatic carbocycles. The van der Waals surface area contributed by atoms with Gasteiger partial charge in [0.25, 0.3) is 0 Å². The average Bonchev–Trinajstić information content (AvgIpc) is 3.63. The zero-order chi connectivity index (χ0) is 27.6. The molecule has 2 saturated carbocycles. The third kappa shape index (κ3) is 7.45. The van der Waals surface area contributed by atoms with Crippen molar-refractivity contribution in [3.05, 3.63) is 34.6 Å². The largest absolute Gasteiger partial charge is 0.365 e. The summed E-state index contributed by atoms with van der Waals surface area (Å²) in [5, 5.41) is 11.0. The van der Waals surface area contributed by atoms with Crippen molar-refractivity contribution in [3.8, 4) is 0 Å². The summed E-state index contributed by atoms with van der Waals surface area (Å²) >= 11 is 12.1. The van der Waals surface area contributed by atoms with Crippen molar-refractivity contribution in [2.75, 3.05) is 29.0 Å². The van der Waals surface area contributed by atoms with E-state index in [1.807, 2.05) is 11.2 Å². The van der Waals surface area contributed by atoms with Crippen LogP contribution in [0.3, 0.4) is 0 Å². The molecule has 14 heteroatoms. The monoisotopic (exact) mass is 657 g/mol. The maximum absolute atomic E-state index is 12.9. The molecule has 0 atom stereocenters. The summed E-state index contributed by atoms with van der Waals surface area (Å²) in [6.45, 7) is 1.26. The summed E-state index contributed by atoms with van der Waals surface area (Å²) in [7, 11) is 0. The van der Waals surface area contributed by atoms with Crippen LogP contribution in [0.5, 0.6) is 0 Å². The lowest BCUT2D eigenvalue weighted by molar-refractivity contribution is 0.197. The van der Waals surface area contributed by atoms with Crippen molar-refractivity contribution in [2.24, 2.45) is 5.73 Å². The van der Waals surface area contributed by atoms with Gasteiger partial charge in [-0.15, -0.1) is 24.8 Å². The molecule has 3 aliphatic rings. The summed E-state index contributed by atoms with van der Waals surface area (Å²) in [4.78, 5) is 29.3. The maximum Gasteiger partial charge on any atom is 0.321 e. The number of likely N-dealkylation sites (tertiary alicyclic amines) is 1. The predicted molar refractivity (Wildman–Crippen MR) is 175 cm³/mol. The number of nitrogens with zero attached hydrogens (tertiary/aromatic N) is 5. The number of halogens is 4. The molecular weight excluding hydrogens is 620 g/mol. The van der Waals surface area contributed by atoms with Crippen molar-refractivity contribution in [3.63, 3.8) is 0 Å². The Balaban J connectivity index is 0.00000202. The van der Waals surface area contributed by atoms with Crippen molar-refractivity contribution < 1.29 is 4.79 Å². The van der Waals surface area contributed by atoms with Crippen LogP contribution < -0.4 is 21.7 Å². The first-order valence-corrected chi connectivity index (χ1v) is 15.2. The van der Waals surface area contributed by atoms with E-state index in [0.717, 1.165) is 68.3 Å². The number of hydrogen-bond acceptors (Lipinski definition) is 7. The fraction of sp³-hybridized carbons (Fsp3) is 0.571. The Kier molecular flexibility index (Phi) is 11.3. The lowest BCUT2D eigenvalue weighted by Crippen LogP contribution is -2.44. The number of hydrogen-bond donors (Lipinski definition) is 4. The first-order valence-electron chi connectivity index (χ1n) is 14.5. The quantitative estimate of drug-likeness (QED) is 0.227. The molecule has 3 aromatic rings. The molecule has 6 rings (SSSR count). The minimum Gasteiger partial charge on any atom is -0.365 e. The SMILES string of the molecule is Cl.Cl.NC1CCC(Nc2nc(NC3CCN(C(=O)Nc4ccc(Cl)c(Cl)c4)CC3)c3ncn(C4CCCC4)c3n2)CC1. The Bertz CT molecular complexity index is 1350. The molecule has 2 amide bonds. The molecule has 10 nitrogen and oxygen atoms in total. The number of nitrogens with one attached hydrogen (secondary N) is 3. The van der Waals surface area contributed by atoms with Crippen LogP contribution in [0.15, 0.2) is 24.5 Å². The Morgan fingerprint density at radius 2 is 1.57 bits per heavy atom. The van der Waals surface area contributed by atoms with Crippen LogP contribution in [0, 0.1) is 0 Å². The van der Waals surface area contributed by atoms with Crippen molar-refractivity contribution in [2.45, 2.75) is 88.4 Å². The van der Waals surface area contributed by atoms with E-state index in [0.29, 0.717) is 52.9 Å².